The zero-order chi connectivity index (χ0) is 12.1. The maximum absolute atomic E-state index is 11.8. The zero-order valence-electron chi connectivity index (χ0n) is 9.90. The molecule has 5 nitrogen and oxygen atoms in total. The van der Waals surface area contributed by atoms with Crippen molar-refractivity contribution in [2.75, 3.05) is 26.3 Å². The molecule has 1 aliphatic heterocycles. The third kappa shape index (κ3) is 3.51. The van der Waals surface area contributed by atoms with Crippen molar-refractivity contribution in [3.05, 3.63) is 29.6 Å². The molecule has 1 unspecified atom stereocenters. The molecule has 1 fully saturated rings. The number of morpholine rings is 1. The number of hydrogen-bond acceptors (Lipinski definition) is 4. The van der Waals surface area contributed by atoms with Crippen LogP contribution >= 0.6 is 0 Å². The lowest BCUT2D eigenvalue weighted by molar-refractivity contribution is 0.0734. The number of rotatable bonds is 3. The van der Waals surface area contributed by atoms with Crippen molar-refractivity contribution in [2.45, 2.75) is 13.0 Å². The summed E-state index contributed by atoms with van der Waals surface area (Å²) in [6.07, 6.45) is 3.31. The number of ether oxygens (including phenoxy) is 1. The van der Waals surface area contributed by atoms with E-state index in [1.54, 1.807) is 12.4 Å². The van der Waals surface area contributed by atoms with E-state index in [2.05, 4.69) is 15.6 Å². The predicted molar refractivity (Wildman–Crippen MR) is 63.9 cm³/mol. The van der Waals surface area contributed by atoms with E-state index in [1.807, 2.05) is 13.0 Å². The average molecular weight is 235 g/mol. The smallest absolute Gasteiger partial charge is 0.252 e. The molecule has 1 atom stereocenters. The monoisotopic (exact) mass is 235 g/mol. The van der Waals surface area contributed by atoms with Gasteiger partial charge in [0.15, 0.2) is 0 Å². The molecule has 0 aromatic carbocycles. The molecule has 1 aromatic heterocycles. The van der Waals surface area contributed by atoms with Gasteiger partial charge in [0, 0.05) is 31.5 Å². The highest BCUT2D eigenvalue weighted by Crippen LogP contribution is 2.01. The Labute approximate surface area is 101 Å². The molecule has 0 radical (unpaired) electrons. The number of pyridine rings is 1. The van der Waals surface area contributed by atoms with E-state index in [0.717, 1.165) is 18.7 Å². The lowest BCUT2D eigenvalue weighted by Gasteiger charge is -2.23. The van der Waals surface area contributed by atoms with Crippen LogP contribution in [-0.4, -0.2) is 43.2 Å². The lowest BCUT2D eigenvalue weighted by atomic mass is 10.2. The number of aryl methyl sites for hydroxylation is 1. The number of nitrogens with zero attached hydrogens (tertiary/aromatic N) is 1. The van der Waals surface area contributed by atoms with Crippen LogP contribution in [0, 0.1) is 6.92 Å². The summed E-state index contributed by atoms with van der Waals surface area (Å²) in [7, 11) is 0. The quantitative estimate of drug-likeness (QED) is 0.780. The van der Waals surface area contributed by atoms with Crippen LogP contribution in [0.15, 0.2) is 18.5 Å². The van der Waals surface area contributed by atoms with E-state index in [1.165, 1.54) is 0 Å². The highest BCUT2D eigenvalue weighted by Gasteiger charge is 2.14. The van der Waals surface area contributed by atoms with Crippen LogP contribution in [0.2, 0.25) is 0 Å². The first kappa shape index (κ1) is 12.0. The summed E-state index contributed by atoms with van der Waals surface area (Å²) in [6, 6.07) is 2.03. The Kier molecular flexibility index (Phi) is 4.06. The molecule has 2 rings (SSSR count). The normalized spacial score (nSPS) is 19.9. The molecule has 0 spiro atoms. The van der Waals surface area contributed by atoms with Crippen molar-refractivity contribution in [3.8, 4) is 0 Å². The fourth-order valence-electron chi connectivity index (χ4n) is 1.75. The number of aromatic nitrogens is 1. The van der Waals surface area contributed by atoms with Gasteiger partial charge in [0.05, 0.1) is 18.8 Å². The van der Waals surface area contributed by atoms with Gasteiger partial charge in [-0.05, 0) is 18.6 Å². The van der Waals surface area contributed by atoms with Crippen molar-refractivity contribution in [1.82, 2.24) is 15.6 Å². The van der Waals surface area contributed by atoms with E-state index in [-0.39, 0.29) is 11.9 Å². The zero-order valence-corrected chi connectivity index (χ0v) is 9.90. The highest BCUT2D eigenvalue weighted by atomic mass is 16.5. The molecular weight excluding hydrogens is 218 g/mol. The van der Waals surface area contributed by atoms with Gasteiger partial charge in [0.25, 0.3) is 5.91 Å². The van der Waals surface area contributed by atoms with Crippen LogP contribution in [0.5, 0.6) is 0 Å². The predicted octanol–water partition coefficient (Wildman–Crippen LogP) is 0.108. The first-order chi connectivity index (χ1) is 8.25. The van der Waals surface area contributed by atoms with Gasteiger partial charge in [0.2, 0.25) is 0 Å². The van der Waals surface area contributed by atoms with E-state index < -0.39 is 0 Å². The Balaban J connectivity index is 1.84. The molecule has 1 saturated heterocycles. The van der Waals surface area contributed by atoms with Crippen molar-refractivity contribution >= 4 is 5.91 Å². The van der Waals surface area contributed by atoms with Gasteiger partial charge in [-0.15, -0.1) is 0 Å². The number of hydrogen-bond donors (Lipinski definition) is 2. The Morgan fingerprint density at radius 2 is 2.53 bits per heavy atom. The van der Waals surface area contributed by atoms with Crippen LogP contribution in [0.4, 0.5) is 0 Å². The molecule has 17 heavy (non-hydrogen) atoms. The van der Waals surface area contributed by atoms with E-state index in [0.29, 0.717) is 18.7 Å². The van der Waals surface area contributed by atoms with E-state index in [4.69, 9.17) is 4.74 Å². The maximum atomic E-state index is 11.8. The molecule has 2 N–H and O–H groups in total. The Hall–Kier alpha value is -1.46. The molecule has 5 heteroatoms. The standard InChI is InChI=1S/C12H17N3O2/c1-9-4-10(6-13-5-9)12(16)15-7-11-8-17-3-2-14-11/h4-6,11,14H,2-3,7-8H2,1H3,(H,15,16). The second kappa shape index (κ2) is 5.75. The van der Waals surface area contributed by atoms with Crippen LogP contribution in [0.3, 0.4) is 0 Å². The first-order valence-corrected chi connectivity index (χ1v) is 5.76. The van der Waals surface area contributed by atoms with Crippen molar-refractivity contribution in [1.29, 1.82) is 0 Å². The summed E-state index contributed by atoms with van der Waals surface area (Å²) in [4.78, 5) is 15.8. The number of nitrogens with one attached hydrogen (secondary N) is 2. The van der Waals surface area contributed by atoms with Gasteiger partial charge in [-0.1, -0.05) is 0 Å². The van der Waals surface area contributed by atoms with Gasteiger partial charge < -0.3 is 15.4 Å². The second-order valence-corrected chi connectivity index (χ2v) is 4.19. The van der Waals surface area contributed by atoms with Gasteiger partial charge >= 0.3 is 0 Å². The molecule has 1 aliphatic rings. The van der Waals surface area contributed by atoms with Crippen LogP contribution < -0.4 is 10.6 Å². The highest BCUT2D eigenvalue weighted by molar-refractivity contribution is 5.94. The number of carbonyl (C=O) groups excluding carboxylic acids is 1. The molecule has 0 aliphatic carbocycles. The first-order valence-electron chi connectivity index (χ1n) is 5.76. The molecule has 2 heterocycles. The van der Waals surface area contributed by atoms with Crippen LogP contribution in [0.25, 0.3) is 0 Å². The third-order valence-electron chi connectivity index (χ3n) is 2.64. The molecule has 1 aromatic rings. The minimum Gasteiger partial charge on any atom is -0.378 e. The van der Waals surface area contributed by atoms with Crippen LogP contribution in [-0.2, 0) is 4.74 Å². The largest absolute Gasteiger partial charge is 0.378 e. The molecular formula is C12H17N3O2. The summed E-state index contributed by atoms with van der Waals surface area (Å²) in [5, 5.41) is 6.16. The fourth-order valence-corrected chi connectivity index (χ4v) is 1.75. The van der Waals surface area contributed by atoms with Gasteiger partial charge in [-0.2, -0.15) is 0 Å². The summed E-state index contributed by atoms with van der Waals surface area (Å²) in [6.45, 7) is 4.72. The Morgan fingerprint density at radius 1 is 1.65 bits per heavy atom. The third-order valence-corrected chi connectivity index (χ3v) is 2.64. The number of amides is 1. The Morgan fingerprint density at radius 3 is 3.24 bits per heavy atom. The number of carbonyl (C=O) groups is 1. The summed E-state index contributed by atoms with van der Waals surface area (Å²) in [5.41, 5.74) is 1.58. The maximum Gasteiger partial charge on any atom is 0.252 e. The van der Waals surface area contributed by atoms with E-state index >= 15 is 0 Å². The Bertz CT molecular complexity index is 389. The second-order valence-electron chi connectivity index (χ2n) is 4.19. The molecule has 0 bridgehead atoms. The van der Waals surface area contributed by atoms with Gasteiger partial charge in [-0.3, -0.25) is 9.78 Å². The van der Waals surface area contributed by atoms with E-state index in [9.17, 15) is 4.79 Å². The summed E-state index contributed by atoms with van der Waals surface area (Å²) < 4.78 is 5.31. The van der Waals surface area contributed by atoms with Crippen molar-refractivity contribution in [3.63, 3.8) is 0 Å². The van der Waals surface area contributed by atoms with Gasteiger partial charge in [0.1, 0.15) is 0 Å². The average Bonchev–Trinajstić information content (AvgIpc) is 2.37. The fraction of sp³-hybridized carbons (Fsp3) is 0.500. The topological polar surface area (TPSA) is 63.2 Å². The molecule has 92 valence electrons. The van der Waals surface area contributed by atoms with Crippen LogP contribution in [0.1, 0.15) is 15.9 Å². The summed E-state index contributed by atoms with van der Waals surface area (Å²) >= 11 is 0. The molecule has 1 amide bonds. The minimum absolute atomic E-state index is 0.0893. The SMILES string of the molecule is Cc1cncc(C(=O)NCC2COCCN2)c1. The lowest BCUT2D eigenvalue weighted by Crippen LogP contribution is -2.48. The minimum atomic E-state index is -0.0893. The molecule has 0 saturated carbocycles. The summed E-state index contributed by atoms with van der Waals surface area (Å²) in [5.74, 6) is -0.0893. The van der Waals surface area contributed by atoms with Crippen molar-refractivity contribution < 1.29 is 9.53 Å². The van der Waals surface area contributed by atoms with Crippen molar-refractivity contribution in [2.24, 2.45) is 0 Å². The van der Waals surface area contributed by atoms with Gasteiger partial charge in [-0.25, -0.2) is 0 Å².